The van der Waals surface area contributed by atoms with E-state index >= 15 is 0 Å². The highest BCUT2D eigenvalue weighted by molar-refractivity contribution is 7.90. The molecule has 12 nitrogen and oxygen atoms in total. The lowest BCUT2D eigenvalue weighted by Crippen LogP contribution is -2.58. The second-order valence-corrected chi connectivity index (χ2v) is 10.2. The van der Waals surface area contributed by atoms with E-state index in [1.165, 1.54) is 57.7 Å². The molecule has 1 aromatic carbocycles. The van der Waals surface area contributed by atoms with Gasteiger partial charge >= 0.3 is 5.91 Å². The summed E-state index contributed by atoms with van der Waals surface area (Å²) in [6.07, 6.45) is -0.134. The fourth-order valence-corrected chi connectivity index (χ4v) is 4.98. The summed E-state index contributed by atoms with van der Waals surface area (Å²) in [6, 6.07) is 10.6. The number of carbonyl (C=O) groups excluding carboxylic acids is 1. The summed E-state index contributed by atoms with van der Waals surface area (Å²) in [6.45, 7) is 4.62. The molecule has 4 N–H and O–H groups in total. The van der Waals surface area contributed by atoms with Crippen LogP contribution in [0.25, 0.3) is 0 Å². The Hall–Kier alpha value is -4.10. The molecular weight excluding hydrogens is 502 g/mol. The minimum atomic E-state index is -4.76. The number of pyridine rings is 1. The smallest absolute Gasteiger partial charge is 0.314 e. The Morgan fingerprint density at radius 3 is 2.19 bits per heavy atom. The Morgan fingerprint density at radius 1 is 1.11 bits per heavy atom. The van der Waals surface area contributed by atoms with Gasteiger partial charge in [0.25, 0.3) is 10.0 Å². The lowest BCUT2D eigenvalue weighted by molar-refractivity contribution is 0.0927. The fraction of sp³-hybridized carbons (Fsp3) is 0.292. The van der Waals surface area contributed by atoms with Crippen LogP contribution in [0.2, 0.25) is 0 Å². The van der Waals surface area contributed by atoms with Crippen LogP contribution in [0.15, 0.2) is 53.1 Å². The van der Waals surface area contributed by atoms with E-state index in [0.717, 1.165) is 5.56 Å². The van der Waals surface area contributed by atoms with Gasteiger partial charge in [0.1, 0.15) is 28.6 Å². The van der Waals surface area contributed by atoms with Crippen molar-refractivity contribution in [3.8, 4) is 11.5 Å². The first-order valence-electron chi connectivity index (χ1n) is 11.0. The number of guanidine groups is 1. The Kier molecular flexibility index (Phi) is 8.09. The number of aryl methyl sites for hydroxylation is 2. The van der Waals surface area contributed by atoms with E-state index in [2.05, 4.69) is 4.98 Å². The Bertz CT molecular complexity index is 1370. The second-order valence-electron chi connectivity index (χ2n) is 8.12. The predicted molar refractivity (Wildman–Crippen MR) is 136 cm³/mol. The van der Waals surface area contributed by atoms with Crippen molar-refractivity contribution in [2.75, 3.05) is 19.2 Å². The van der Waals surface area contributed by atoms with Gasteiger partial charge in [-0.25, -0.2) is 8.42 Å². The van der Waals surface area contributed by atoms with Gasteiger partial charge < -0.3 is 24.7 Å². The molecule has 1 amide bonds. The summed E-state index contributed by atoms with van der Waals surface area (Å²) < 4.78 is 44.4. The van der Waals surface area contributed by atoms with E-state index in [0.29, 0.717) is 10.8 Å². The number of para-hydroxylation sites is 1. The number of hydrogen-bond acceptors (Lipinski definition) is 9. The van der Waals surface area contributed by atoms with Crippen molar-refractivity contribution in [3.05, 3.63) is 71.4 Å². The van der Waals surface area contributed by atoms with Crippen LogP contribution in [0.4, 0.5) is 5.69 Å². The number of aliphatic hydroxyl groups excluding tert-OH is 1. The van der Waals surface area contributed by atoms with Gasteiger partial charge in [0.05, 0.1) is 19.9 Å². The van der Waals surface area contributed by atoms with E-state index < -0.39 is 33.2 Å². The number of rotatable bonds is 8. The van der Waals surface area contributed by atoms with E-state index in [-0.39, 0.29) is 33.1 Å². The molecule has 0 radical (unpaired) electrons. The number of hydrazine groups is 1. The average Bonchev–Trinajstić information content (AvgIpc) is 3.31. The number of methoxy groups -OCH3 is 2. The number of furan rings is 1. The van der Waals surface area contributed by atoms with Gasteiger partial charge in [-0.1, -0.05) is 12.1 Å². The van der Waals surface area contributed by atoms with Crippen LogP contribution in [0.5, 0.6) is 11.5 Å². The van der Waals surface area contributed by atoms with Gasteiger partial charge in [-0.15, -0.1) is 4.41 Å². The molecule has 3 aromatic rings. The maximum atomic E-state index is 13.9. The molecule has 0 spiro atoms. The molecule has 0 unspecified atom stereocenters. The molecule has 0 saturated heterocycles. The van der Waals surface area contributed by atoms with Gasteiger partial charge in [-0.3, -0.25) is 15.2 Å². The van der Waals surface area contributed by atoms with Gasteiger partial charge in [-0.2, -0.15) is 5.01 Å². The van der Waals surface area contributed by atoms with E-state index in [4.69, 9.17) is 25.0 Å². The highest BCUT2D eigenvalue weighted by Crippen LogP contribution is 2.41. The quantitative estimate of drug-likeness (QED) is 0.224. The van der Waals surface area contributed by atoms with Crippen LogP contribution >= 0.6 is 0 Å². The number of aliphatic hydroxyl groups is 1. The zero-order chi connectivity index (χ0) is 27.5. The first-order valence-corrected chi connectivity index (χ1v) is 12.5. The van der Waals surface area contributed by atoms with Crippen molar-refractivity contribution in [2.45, 2.75) is 32.1 Å². The number of sulfonamides is 1. The normalized spacial score (nSPS) is 12.9. The zero-order valence-electron chi connectivity index (χ0n) is 21.0. The minimum absolute atomic E-state index is 0.0471. The van der Waals surface area contributed by atoms with Crippen molar-refractivity contribution < 1.29 is 32.2 Å². The first kappa shape index (κ1) is 27.5. The topological polar surface area (TPSA) is 172 Å². The Balaban J connectivity index is 2.24. The van der Waals surface area contributed by atoms with Gasteiger partial charge in [0.2, 0.25) is 5.96 Å². The number of anilines is 1. The molecule has 0 aliphatic rings. The number of benzene rings is 1. The lowest BCUT2D eigenvalue weighted by atomic mass is 10.1. The summed E-state index contributed by atoms with van der Waals surface area (Å²) in [7, 11) is -2.12. The predicted octanol–water partition coefficient (Wildman–Crippen LogP) is 2.52. The molecule has 2 heterocycles. The molecule has 37 heavy (non-hydrogen) atoms. The number of aromatic nitrogens is 1. The van der Waals surface area contributed by atoms with E-state index in [1.807, 2.05) is 0 Å². The number of nitrogens with two attached hydrogens (primary N) is 1. The Morgan fingerprint density at radius 2 is 1.73 bits per heavy atom. The summed E-state index contributed by atoms with van der Waals surface area (Å²) in [4.78, 5) is 17.9. The molecule has 2 atom stereocenters. The molecule has 0 fully saturated rings. The van der Waals surface area contributed by atoms with Gasteiger partial charge in [0.15, 0.2) is 11.4 Å². The largest absolute Gasteiger partial charge is 0.494 e. The van der Waals surface area contributed by atoms with E-state index in [1.54, 1.807) is 26.0 Å². The second kappa shape index (κ2) is 10.9. The van der Waals surface area contributed by atoms with Gasteiger partial charge in [-0.05, 0) is 56.7 Å². The third-order valence-electron chi connectivity index (χ3n) is 5.54. The third kappa shape index (κ3) is 5.37. The minimum Gasteiger partial charge on any atom is -0.494 e. The summed E-state index contributed by atoms with van der Waals surface area (Å²) >= 11 is 0. The molecule has 2 aromatic heterocycles. The summed E-state index contributed by atoms with van der Waals surface area (Å²) in [5, 5.41) is 18.1. The molecule has 198 valence electrons. The molecule has 13 heteroatoms. The SMILES string of the molecule is COc1cccc(OC)c1N(C(=O)c1ccc(C)o1)N(C(=N)N)S(=O)(=O)[C@@H](C)[C@H](O)c1ccc(C)cn1. The van der Waals surface area contributed by atoms with Crippen LogP contribution in [0, 0.1) is 19.3 Å². The van der Waals surface area contributed by atoms with Crippen molar-refractivity contribution in [2.24, 2.45) is 5.73 Å². The highest BCUT2D eigenvalue weighted by atomic mass is 32.2. The highest BCUT2D eigenvalue weighted by Gasteiger charge is 2.44. The monoisotopic (exact) mass is 531 g/mol. The Labute approximate surface area is 214 Å². The van der Waals surface area contributed by atoms with Crippen LogP contribution in [-0.2, 0) is 10.0 Å². The van der Waals surface area contributed by atoms with E-state index in [9.17, 15) is 18.3 Å². The number of amides is 1. The average molecular weight is 532 g/mol. The van der Waals surface area contributed by atoms with Crippen molar-refractivity contribution in [1.29, 1.82) is 5.41 Å². The van der Waals surface area contributed by atoms with Crippen LogP contribution in [0.3, 0.4) is 0 Å². The number of hydrogen-bond donors (Lipinski definition) is 3. The maximum Gasteiger partial charge on any atom is 0.314 e. The van der Waals surface area contributed by atoms with Crippen molar-refractivity contribution in [1.82, 2.24) is 9.40 Å². The van der Waals surface area contributed by atoms with Crippen LogP contribution < -0.4 is 20.2 Å². The zero-order valence-corrected chi connectivity index (χ0v) is 21.8. The summed E-state index contributed by atoms with van der Waals surface area (Å²) in [5.41, 5.74) is 6.53. The number of ether oxygens (including phenoxy) is 2. The number of nitrogens with zero attached hydrogens (tertiary/aromatic N) is 3. The standard InChI is InChI=1S/C24H29N5O7S/c1-14-9-11-17(27-13-14)22(30)16(3)37(32,33)29(24(25)26)28(23(31)20-12-10-15(2)36-20)21-18(34-4)7-6-8-19(21)35-5/h6-13,16,22,30H,1-5H3,(H3,25,26)/t16-,22-/m0/s1. The molecular formula is C24H29N5O7S. The van der Waals surface area contributed by atoms with Gasteiger partial charge in [0, 0.05) is 6.20 Å². The maximum absolute atomic E-state index is 13.9. The number of nitrogens with one attached hydrogen (secondary N) is 1. The first-order chi connectivity index (χ1) is 17.4. The third-order valence-corrected chi connectivity index (χ3v) is 7.58. The summed E-state index contributed by atoms with van der Waals surface area (Å²) in [5.74, 6) is -1.76. The molecule has 0 bridgehead atoms. The molecule has 0 aliphatic carbocycles. The molecule has 0 saturated carbocycles. The number of carbonyl (C=O) groups is 1. The van der Waals surface area contributed by atoms with Crippen LogP contribution in [0.1, 0.15) is 40.6 Å². The molecule has 0 aliphatic heterocycles. The van der Waals surface area contributed by atoms with Crippen LogP contribution in [-0.4, -0.2) is 54.3 Å². The fourth-order valence-electron chi connectivity index (χ4n) is 3.54. The lowest BCUT2D eigenvalue weighted by Gasteiger charge is -2.36. The van der Waals surface area contributed by atoms with Crippen molar-refractivity contribution >= 4 is 27.6 Å². The van der Waals surface area contributed by atoms with Crippen molar-refractivity contribution in [3.63, 3.8) is 0 Å². The molecule has 3 rings (SSSR count).